The second-order valence-corrected chi connectivity index (χ2v) is 7.24. The summed E-state index contributed by atoms with van der Waals surface area (Å²) >= 11 is 1.41. The highest BCUT2D eigenvalue weighted by molar-refractivity contribution is 7.19. The maximum absolute atomic E-state index is 12.9. The summed E-state index contributed by atoms with van der Waals surface area (Å²) in [4.78, 5) is 13.6. The van der Waals surface area contributed by atoms with Crippen molar-refractivity contribution in [3.63, 3.8) is 0 Å². The molecular formula is C20H19N5O4S. The summed E-state index contributed by atoms with van der Waals surface area (Å²) in [5.41, 5.74) is 1.71. The van der Waals surface area contributed by atoms with Gasteiger partial charge in [0.05, 0.1) is 32.6 Å². The number of hydrogen-bond acceptors (Lipinski definition) is 8. The fourth-order valence-electron chi connectivity index (χ4n) is 2.95. The van der Waals surface area contributed by atoms with Crippen LogP contribution < -0.4 is 19.5 Å². The van der Waals surface area contributed by atoms with Crippen molar-refractivity contribution >= 4 is 27.9 Å². The van der Waals surface area contributed by atoms with Crippen molar-refractivity contribution in [3.05, 3.63) is 47.8 Å². The largest absolute Gasteiger partial charge is 0.497 e. The minimum atomic E-state index is -0.334. The number of aryl methyl sites for hydroxylation is 1. The van der Waals surface area contributed by atoms with Gasteiger partial charge in [0.1, 0.15) is 22.3 Å². The molecule has 0 bridgehead atoms. The van der Waals surface area contributed by atoms with Gasteiger partial charge in [0.2, 0.25) is 4.96 Å². The van der Waals surface area contributed by atoms with E-state index in [1.54, 1.807) is 43.0 Å². The van der Waals surface area contributed by atoms with Crippen molar-refractivity contribution < 1.29 is 19.0 Å². The number of aromatic nitrogens is 4. The quantitative estimate of drug-likeness (QED) is 0.505. The number of anilines is 1. The zero-order chi connectivity index (χ0) is 21.3. The van der Waals surface area contributed by atoms with Gasteiger partial charge in [0.15, 0.2) is 5.82 Å². The van der Waals surface area contributed by atoms with Crippen molar-refractivity contribution in [2.45, 2.75) is 6.92 Å². The van der Waals surface area contributed by atoms with Gasteiger partial charge in [-0.1, -0.05) is 11.3 Å². The third-order valence-corrected chi connectivity index (χ3v) is 5.44. The van der Waals surface area contributed by atoms with Crippen molar-refractivity contribution in [1.82, 2.24) is 19.8 Å². The summed E-state index contributed by atoms with van der Waals surface area (Å²) in [5, 5.41) is 16.3. The van der Waals surface area contributed by atoms with Crippen LogP contribution in [0, 0.1) is 6.92 Å². The Kier molecular flexibility index (Phi) is 5.23. The average molecular weight is 425 g/mol. The summed E-state index contributed by atoms with van der Waals surface area (Å²) < 4.78 is 17.6. The number of nitrogens with zero attached hydrogens (tertiary/aromatic N) is 4. The van der Waals surface area contributed by atoms with Crippen LogP contribution >= 0.6 is 11.3 Å². The molecule has 1 N–H and O–H groups in total. The molecule has 0 unspecified atom stereocenters. The van der Waals surface area contributed by atoms with Gasteiger partial charge in [0.25, 0.3) is 5.91 Å². The molecule has 30 heavy (non-hydrogen) atoms. The predicted octanol–water partition coefficient (Wildman–Crippen LogP) is 3.44. The molecule has 0 spiro atoms. The molecule has 0 aliphatic carbocycles. The lowest BCUT2D eigenvalue weighted by atomic mass is 10.1. The van der Waals surface area contributed by atoms with Crippen LogP contribution in [0.1, 0.15) is 16.2 Å². The van der Waals surface area contributed by atoms with Gasteiger partial charge in [0, 0.05) is 11.6 Å². The lowest BCUT2D eigenvalue weighted by molar-refractivity contribution is 0.102. The van der Waals surface area contributed by atoms with Gasteiger partial charge < -0.3 is 19.5 Å². The Morgan fingerprint density at radius 2 is 1.80 bits per heavy atom. The molecule has 2 aromatic heterocycles. The summed E-state index contributed by atoms with van der Waals surface area (Å²) in [6, 6.07) is 10.5. The third kappa shape index (κ3) is 3.52. The molecule has 10 heteroatoms. The van der Waals surface area contributed by atoms with E-state index < -0.39 is 0 Å². The summed E-state index contributed by atoms with van der Waals surface area (Å²) in [5.74, 6) is 1.91. The fourth-order valence-corrected chi connectivity index (χ4v) is 3.83. The SMILES string of the molecule is COc1ccc(C(=O)Nc2cc(-c3nn4c(C)nnc4s3)ccc2OC)c(OC)c1. The lowest BCUT2D eigenvalue weighted by Gasteiger charge is -2.13. The number of benzene rings is 2. The topological polar surface area (TPSA) is 99.9 Å². The molecule has 154 valence electrons. The molecule has 0 radical (unpaired) electrons. The van der Waals surface area contributed by atoms with Crippen molar-refractivity contribution in [3.8, 4) is 27.8 Å². The average Bonchev–Trinajstić information content (AvgIpc) is 3.35. The summed E-state index contributed by atoms with van der Waals surface area (Å²) in [6.07, 6.45) is 0. The zero-order valence-corrected chi connectivity index (χ0v) is 17.6. The number of rotatable bonds is 6. The molecule has 0 saturated carbocycles. The van der Waals surface area contributed by atoms with Crippen molar-refractivity contribution in [2.24, 2.45) is 0 Å². The number of methoxy groups -OCH3 is 3. The molecule has 0 atom stereocenters. The Labute approximate surface area is 176 Å². The monoisotopic (exact) mass is 425 g/mol. The normalized spacial score (nSPS) is 10.8. The molecule has 0 fully saturated rings. The lowest BCUT2D eigenvalue weighted by Crippen LogP contribution is -2.14. The van der Waals surface area contributed by atoms with E-state index in [-0.39, 0.29) is 5.91 Å². The van der Waals surface area contributed by atoms with Gasteiger partial charge in [-0.05, 0) is 37.3 Å². The minimum absolute atomic E-state index is 0.334. The van der Waals surface area contributed by atoms with Crippen LogP contribution in [0.25, 0.3) is 15.5 Å². The first-order chi connectivity index (χ1) is 14.5. The van der Waals surface area contributed by atoms with Crippen LogP contribution in [-0.2, 0) is 0 Å². The molecule has 2 heterocycles. The Morgan fingerprint density at radius 3 is 2.50 bits per heavy atom. The first kappa shape index (κ1) is 19.6. The maximum Gasteiger partial charge on any atom is 0.259 e. The Hall–Kier alpha value is -3.66. The molecule has 9 nitrogen and oxygen atoms in total. The maximum atomic E-state index is 12.9. The molecule has 4 aromatic rings. The van der Waals surface area contributed by atoms with Crippen LogP contribution in [-0.4, -0.2) is 47.0 Å². The van der Waals surface area contributed by atoms with Gasteiger partial charge in [-0.25, -0.2) is 0 Å². The highest BCUT2D eigenvalue weighted by Crippen LogP contribution is 2.34. The van der Waals surface area contributed by atoms with Crippen molar-refractivity contribution in [2.75, 3.05) is 26.6 Å². The van der Waals surface area contributed by atoms with Crippen LogP contribution in [0.2, 0.25) is 0 Å². The van der Waals surface area contributed by atoms with E-state index in [0.29, 0.717) is 39.3 Å². The molecular weight excluding hydrogens is 406 g/mol. The highest BCUT2D eigenvalue weighted by Gasteiger charge is 2.17. The van der Waals surface area contributed by atoms with Gasteiger partial charge in [-0.2, -0.15) is 9.61 Å². The first-order valence-electron chi connectivity index (χ1n) is 8.94. The summed E-state index contributed by atoms with van der Waals surface area (Å²) in [6.45, 7) is 1.84. The number of fused-ring (bicyclic) bond motifs is 1. The van der Waals surface area contributed by atoms with Crippen molar-refractivity contribution in [1.29, 1.82) is 0 Å². The molecule has 0 aliphatic heterocycles. The van der Waals surface area contributed by atoms with Gasteiger partial charge >= 0.3 is 0 Å². The zero-order valence-electron chi connectivity index (χ0n) is 16.8. The molecule has 0 aliphatic rings. The Bertz CT molecular complexity index is 1230. The smallest absolute Gasteiger partial charge is 0.259 e. The van der Waals surface area contributed by atoms with Crippen LogP contribution in [0.3, 0.4) is 0 Å². The standard InChI is InChI=1S/C20H19N5O4S/c1-11-22-23-20-25(11)24-19(30-20)12-5-8-16(28-3)15(9-12)21-18(26)14-7-6-13(27-2)10-17(14)29-4/h5-10H,1-4H3,(H,21,26). The van der Waals surface area contributed by atoms with Gasteiger partial charge in [-0.15, -0.1) is 10.2 Å². The van der Waals surface area contributed by atoms with E-state index in [4.69, 9.17) is 14.2 Å². The number of amides is 1. The number of carbonyl (C=O) groups is 1. The minimum Gasteiger partial charge on any atom is -0.497 e. The predicted molar refractivity (Wildman–Crippen MR) is 113 cm³/mol. The van der Waals surface area contributed by atoms with E-state index >= 15 is 0 Å². The van der Waals surface area contributed by atoms with Gasteiger partial charge in [-0.3, -0.25) is 4.79 Å². The molecule has 1 amide bonds. The van der Waals surface area contributed by atoms with E-state index in [1.165, 1.54) is 18.4 Å². The molecule has 0 saturated heterocycles. The third-order valence-electron chi connectivity index (χ3n) is 4.49. The first-order valence-corrected chi connectivity index (χ1v) is 9.76. The van der Waals surface area contributed by atoms with Crippen LogP contribution in [0.5, 0.6) is 17.2 Å². The van der Waals surface area contributed by atoms with Crippen LogP contribution in [0.4, 0.5) is 5.69 Å². The highest BCUT2D eigenvalue weighted by atomic mass is 32.1. The number of hydrogen-bond donors (Lipinski definition) is 1. The van der Waals surface area contributed by atoms with Crippen LogP contribution in [0.15, 0.2) is 36.4 Å². The Morgan fingerprint density at radius 1 is 1.00 bits per heavy atom. The fraction of sp³-hybridized carbons (Fsp3) is 0.200. The Balaban J connectivity index is 1.68. The van der Waals surface area contributed by atoms with E-state index in [0.717, 1.165) is 10.6 Å². The number of carbonyl (C=O) groups excluding carboxylic acids is 1. The number of ether oxygens (including phenoxy) is 3. The molecule has 2 aromatic carbocycles. The second-order valence-electron chi connectivity index (χ2n) is 6.28. The van der Waals surface area contributed by atoms with E-state index in [2.05, 4.69) is 20.6 Å². The van der Waals surface area contributed by atoms with E-state index in [9.17, 15) is 4.79 Å². The summed E-state index contributed by atoms with van der Waals surface area (Å²) in [7, 11) is 4.60. The second kappa shape index (κ2) is 7.99. The molecule has 4 rings (SSSR count). The number of nitrogens with one attached hydrogen (secondary N) is 1. The van der Waals surface area contributed by atoms with E-state index in [1.807, 2.05) is 19.1 Å².